The smallest absolute Gasteiger partial charge is 0.160 e. The van der Waals surface area contributed by atoms with E-state index in [0.29, 0.717) is 10.8 Å². The second-order valence-corrected chi connectivity index (χ2v) is 5.27. The lowest BCUT2D eigenvalue weighted by Gasteiger charge is -2.03. The minimum Gasteiger partial charge on any atom is -0.504 e. The maximum Gasteiger partial charge on any atom is 0.160 e. The largest absolute Gasteiger partial charge is 0.504 e. The third kappa shape index (κ3) is 3.05. The molecule has 0 bridgehead atoms. The van der Waals surface area contributed by atoms with E-state index >= 15 is 0 Å². The van der Waals surface area contributed by atoms with Gasteiger partial charge >= 0.3 is 0 Å². The van der Waals surface area contributed by atoms with E-state index in [2.05, 4.69) is 4.98 Å². The molecule has 0 saturated heterocycles. The second-order valence-electron chi connectivity index (χ2n) is 4.84. The van der Waals surface area contributed by atoms with Crippen LogP contribution in [0.3, 0.4) is 0 Å². The number of halogens is 1. The first kappa shape index (κ1) is 14.4. The molecule has 1 aromatic heterocycles. The lowest BCUT2D eigenvalue weighted by molar-refractivity contribution is 0.373. The number of aromatic nitrogens is 1. The number of aromatic hydroxyl groups is 1. The van der Waals surface area contributed by atoms with E-state index in [0.717, 1.165) is 22.2 Å². The number of phenols is 1. The van der Waals surface area contributed by atoms with Gasteiger partial charge in [0.05, 0.1) is 18.3 Å². The summed E-state index contributed by atoms with van der Waals surface area (Å²) < 4.78 is 5.02. The van der Waals surface area contributed by atoms with Crippen molar-refractivity contribution in [1.29, 1.82) is 0 Å². The Balaban J connectivity index is 1.90. The Morgan fingerprint density at radius 2 is 1.86 bits per heavy atom. The van der Waals surface area contributed by atoms with Crippen molar-refractivity contribution in [3.8, 4) is 11.5 Å². The summed E-state index contributed by atoms with van der Waals surface area (Å²) in [5.74, 6) is 0.568. The molecule has 3 rings (SSSR count). The fraction of sp³-hybridized carbons (Fsp3) is 0.0556. The van der Waals surface area contributed by atoms with Crippen molar-refractivity contribution in [2.45, 2.75) is 0 Å². The number of hydrogen-bond donors (Lipinski definition) is 1. The molecule has 0 saturated carbocycles. The van der Waals surface area contributed by atoms with Gasteiger partial charge in [-0.05, 0) is 42.0 Å². The van der Waals surface area contributed by atoms with Crippen LogP contribution < -0.4 is 4.74 Å². The van der Waals surface area contributed by atoms with Gasteiger partial charge < -0.3 is 9.84 Å². The predicted molar refractivity (Wildman–Crippen MR) is 90.3 cm³/mol. The van der Waals surface area contributed by atoms with Crippen molar-refractivity contribution in [1.82, 2.24) is 4.98 Å². The summed E-state index contributed by atoms with van der Waals surface area (Å²) in [6.07, 6.45) is 3.78. The average Bonchev–Trinajstić information content (AvgIpc) is 2.52. The molecule has 4 heteroatoms. The molecule has 0 amide bonds. The fourth-order valence-corrected chi connectivity index (χ4v) is 2.36. The van der Waals surface area contributed by atoms with Crippen LogP contribution in [0, 0.1) is 0 Å². The summed E-state index contributed by atoms with van der Waals surface area (Å²) in [4.78, 5) is 4.55. The number of rotatable bonds is 3. The van der Waals surface area contributed by atoms with Crippen LogP contribution in [-0.4, -0.2) is 17.2 Å². The quantitative estimate of drug-likeness (QED) is 0.757. The zero-order valence-electron chi connectivity index (χ0n) is 12.0. The molecular formula is C18H14ClNO2. The highest BCUT2D eigenvalue weighted by atomic mass is 35.5. The zero-order chi connectivity index (χ0) is 15.5. The molecule has 3 nitrogen and oxygen atoms in total. The molecule has 22 heavy (non-hydrogen) atoms. The van der Waals surface area contributed by atoms with Gasteiger partial charge in [-0.25, -0.2) is 4.98 Å². The van der Waals surface area contributed by atoms with Gasteiger partial charge in [0.2, 0.25) is 0 Å². The Morgan fingerprint density at radius 1 is 1.05 bits per heavy atom. The highest BCUT2D eigenvalue weighted by molar-refractivity contribution is 6.31. The molecule has 1 heterocycles. The van der Waals surface area contributed by atoms with Crippen LogP contribution in [0.25, 0.3) is 23.1 Å². The van der Waals surface area contributed by atoms with Crippen molar-refractivity contribution < 1.29 is 9.84 Å². The van der Waals surface area contributed by atoms with E-state index in [-0.39, 0.29) is 5.75 Å². The van der Waals surface area contributed by atoms with Crippen molar-refractivity contribution in [2.24, 2.45) is 0 Å². The van der Waals surface area contributed by atoms with Gasteiger partial charge in [0.25, 0.3) is 0 Å². The average molecular weight is 312 g/mol. The van der Waals surface area contributed by atoms with Gasteiger partial charge in [-0.15, -0.1) is 0 Å². The summed E-state index contributed by atoms with van der Waals surface area (Å²) in [7, 11) is 1.52. The predicted octanol–water partition coefficient (Wildman–Crippen LogP) is 4.77. The maximum absolute atomic E-state index is 9.77. The maximum atomic E-state index is 9.77. The summed E-state index contributed by atoms with van der Waals surface area (Å²) in [5.41, 5.74) is 2.54. The number of pyridine rings is 1. The molecule has 0 atom stereocenters. The molecule has 0 aliphatic heterocycles. The highest BCUT2D eigenvalue weighted by Gasteiger charge is 2.01. The van der Waals surface area contributed by atoms with Crippen molar-refractivity contribution in [3.63, 3.8) is 0 Å². The van der Waals surface area contributed by atoms with Crippen LogP contribution in [0.15, 0.2) is 48.5 Å². The van der Waals surface area contributed by atoms with Crippen LogP contribution >= 0.6 is 11.6 Å². The van der Waals surface area contributed by atoms with Gasteiger partial charge in [0, 0.05) is 10.4 Å². The Bertz CT molecular complexity index is 859. The van der Waals surface area contributed by atoms with Crippen LogP contribution in [0.2, 0.25) is 5.02 Å². The summed E-state index contributed by atoms with van der Waals surface area (Å²) in [6, 6.07) is 14.8. The van der Waals surface area contributed by atoms with Gasteiger partial charge in [0.1, 0.15) is 0 Å². The molecule has 0 fully saturated rings. The van der Waals surface area contributed by atoms with E-state index in [4.69, 9.17) is 16.3 Å². The van der Waals surface area contributed by atoms with Gasteiger partial charge in [-0.1, -0.05) is 35.9 Å². The molecule has 3 aromatic rings. The molecule has 2 aromatic carbocycles. The molecular weight excluding hydrogens is 298 g/mol. The normalized spacial score (nSPS) is 11.2. The topological polar surface area (TPSA) is 42.4 Å². The molecule has 1 N–H and O–H groups in total. The Labute approximate surface area is 133 Å². The number of hydrogen-bond acceptors (Lipinski definition) is 3. The number of nitrogens with zero attached hydrogens (tertiary/aromatic N) is 1. The molecule has 0 radical (unpaired) electrons. The monoisotopic (exact) mass is 311 g/mol. The van der Waals surface area contributed by atoms with Crippen LogP contribution in [-0.2, 0) is 0 Å². The first-order valence-corrected chi connectivity index (χ1v) is 7.15. The number of ether oxygens (including phenoxy) is 1. The van der Waals surface area contributed by atoms with Gasteiger partial charge in [0.15, 0.2) is 11.5 Å². The lowest BCUT2D eigenvalue weighted by atomic mass is 10.1. The summed E-state index contributed by atoms with van der Waals surface area (Å²) in [5, 5.41) is 11.5. The summed E-state index contributed by atoms with van der Waals surface area (Å²) >= 11 is 5.99. The second kappa shape index (κ2) is 6.08. The third-order valence-electron chi connectivity index (χ3n) is 3.33. The van der Waals surface area contributed by atoms with Crippen LogP contribution in [0.1, 0.15) is 11.3 Å². The third-order valence-corrected chi connectivity index (χ3v) is 3.56. The van der Waals surface area contributed by atoms with Crippen molar-refractivity contribution in [3.05, 3.63) is 64.8 Å². The first-order chi connectivity index (χ1) is 10.7. The van der Waals surface area contributed by atoms with Crippen molar-refractivity contribution >= 4 is 34.7 Å². The minimum atomic E-state index is 0.114. The van der Waals surface area contributed by atoms with Crippen LogP contribution in [0.4, 0.5) is 0 Å². The Kier molecular flexibility index (Phi) is 3.98. The Hall–Kier alpha value is -2.52. The Morgan fingerprint density at radius 3 is 2.64 bits per heavy atom. The standard InChI is InChI=1S/C18H14ClNO2/c1-22-18-9-3-12(10-17(18)21)2-7-15-8-5-13-4-6-14(19)11-16(13)20-15/h2-11,21H,1H3/b7-2+. The van der Waals surface area contributed by atoms with Crippen LogP contribution in [0.5, 0.6) is 11.5 Å². The summed E-state index contributed by atoms with van der Waals surface area (Å²) in [6.45, 7) is 0. The van der Waals surface area contributed by atoms with E-state index < -0.39 is 0 Å². The number of phenolic OH excluding ortho intramolecular Hbond substituents is 1. The number of benzene rings is 2. The minimum absolute atomic E-state index is 0.114. The first-order valence-electron chi connectivity index (χ1n) is 6.77. The molecule has 110 valence electrons. The lowest BCUT2D eigenvalue weighted by Crippen LogP contribution is -1.84. The highest BCUT2D eigenvalue weighted by Crippen LogP contribution is 2.27. The van der Waals surface area contributed by atoms with Gasteiger partial charge in [-0.2, -0.15) is 0 Å². The number of fused-ring (bicyclic) bond motifs is 1. The molecule has 0 aliphatic carbocycles. The van der Waals surface area contributed by atoms with Gasteiger partial charge in [-0.3, -0.25) is 0 Å². The van der Waals surface area contributed by atoms with E-state index in [1.165, 1.54) is 7.11 Å². The van der Waals surface area contributed by atoms with E-state index in [9.17, 15) is 5.11 Å². The fourth-order valence-electron chi connectivity index (χ4n) is 2.19. The van der Waals surface area contributed by atoms with Crippen molar-refractivity contribution in [2.75, 3.05) is 7.11 Å². The molecule has 0 spiro atoms. The zero-order valence-corrected chi connectivity index (χ0v) is 12.7. The molecule has 0 unspecified atom stereocenters. The van der Waals surface area contributed by atoms with E-state index in [1.807, 2.05) is 48.6 Å². The SMILES string of the molecule is COc1ccc(/C=C/c2ccc3ccc(Cl)cc3n2)cc1O. The van der Waals surface area contributed by atoms with E-state index in [1.54, 1.807) is 12.1 Å². The molecule has 0 aliphatic rings. The number of methoxy groups -OCH3 is 1.